The number of hydrogen-bond donors (Lipinski definition) is 1. The quantitative estimate of drug-likeness (QED) is 0.356. The number of hydrogen-bond acceptors (Lipinski definition) is 3. The first kappa shape index (κ1) is 28.4. The van der Waals surface area contributed by atoms with Crippen LogP contribution in [-0.2, 0) is 17.3 Å². The van der Waals surface area contributed by atoms with Gasteiger partial charge in [-0.2, -0.15) is 4.02 Å². The minimum Gasteiger partial charge on any atom is -0.507 e. The van der Waals surface area contributed by atoms with Crippen LogP contribution in [0.2, 0.25) is 0 Å². The SMILES string of the molecule is CC(C)C[C@H]1CN(CC(=O)c2cc(C(C)(C)C)c(O)c(C(C)(C)C)c2)C(=NBr)[C@@H]1Cc1ccccc1. The number of phenolic OH excluding ortho intramolecular Hbond substituents is 1. The summed E-state index contributed by atoms with van der Waals surface area (Å²) in [6, 6.07) is 14.3. The summed E-state index contributed by atoms with van der Waals surface area (Å²) in [5, 5.41) is 11.1. The number of aromatic hydroxyl groups is 1. The van der Waals surface area contributed by atoms with Gasteiger partial charge in [-0.15, -0.1) is 0 Å². The Morgan fingerprint density at radius 2 is 1.61 bits per heavy atom. The average Bonchev–Trinajstić information content (AvgIpc) is 3.07. The Labute approximate surface area is 226 Å². The molecule has 1 aliphatic heterocycles. The van der Waals surface area contributed by atoms with Crippen LogP contribution >= 0.6 is 16.1 Å². The molecule has 0 radical (unpaired) electrons. The molecular weight excluding hydrogens is 512 g/mol. The van der Waals surface area contributed by atoms with E-state index < -0.39 is 0 Å². The van der Waals surface area contributed by atoms with Crippen molar-refractivity contribution in [3.8, 4) is 5.75 Å². The highest BCUT2D eigenvalue weighted by atomic mass is 79.9. The molecule has 0 aliphatic carbocycles. The molecular formula is C31H43BrN2O2. The topological polar surface area (TPSA) is 52.9 Å². The number of likely N-dealkylation sites (tertiary alicyclic amines) is 1. The van der Waals surface area contributed by atoms with Crippen molar-refractivity contribution in [2.24, 2.45) is 21.8 Å². The first-order chi connectivity index (χ1) is 16.7. The monoisotopic (exact) mass is 554 g/mol. The second-order valence-corrected chi connectivity index (χ2v) is 13.2. The molecule has 196 valence electrons. The number of carbonyl (C=O) groups excluding carboxylic acids is 1. The molecule has 0 bridgehead atoms. The maximum absolute atomic E-state index is 13.7. The highest BCUT2D eigenvalue weighted by molar-refractivity contribution is 9.08. The number of benzene rings is 2. The Kier molecular flexibility index (Phi) is 8.75. The lowest BCUT2D eigenvalue weighted by Crippen LogP contribution is -2.33. The van der Waals surface area contributed by atoms with E-state index in [2.05, 4.69) is 105 Å². The van der Waals surface area contributed by atoms with Crippen molar-refractivity contribution in [2.75, 3.05) is 13.1 Å². The third-order valence-electron chi connectivity index (χ3n) is 7.22. The molecule has 0 unspecified atom stereocenters. The van der Waals surface area contributed by atoms with Gasteiger partial charge in [-0.1, -0.05) is 85.7 Å². The molecule has 2 atom stereocenters. The van der Waals surface area contributed by atoms with Crippen LogP contribution in [0.25, 0.3) is 0 Å². The summed E-state index contributed by atoms with van der Waals surface area (Å²) >= 11 is 3.40. The second kappa shape index (κ2) is 11.1. The van der Waals surface area contributed by atoms with E-state index in [0.29, 0.717) is 23.1 Å². The van der Waals surface area contributed by atoms with Crippen LogP contribution in [0.15, 0.2) is 46.5 Å². The van der Waals surface area contributed by atoms with E-state index in [1.807, 2.05) is 18.2 Å². The number of amidine groups is 1. The van der Waals surface area contributed by atoms with Gasteiger partial charge in [0.2, 0.25) is 0 Å². The summed E-state index contributed by atoms with van der Waals surface area (Å²) < 4.78 is 4.54. The zero-order chi connectivity index (χ0) is 26.8. The molecule has 3 rings (SSSR count). The zero-order valence-electron chi connectivity index (χ0n) is 23.2. The van der Waals surface area contributed by atoms with Gasteiger partial charge in [0.25, 0.3) is 0 Å². The first-order valence-corrected chi connectivity index (χ1v) is 13.8. The number of Topliss-reactive ketones (excluding diaryl/α,β-unsaturated/α-hetero) is 1. The Balaban J connectivity index is 1.94. The number of phenols is 1. The Hall–Kier alpha value is -2.14. The van der Waals surface area contributed by atoms with Gasteiger partial charge >= 0.3 is 0 Å². The molecule has 2 aromatic carbocycles. The van der Waals surface area contributed by atoms with Gasteiger partial charge in [0.1, 0.15) is 11.6 Å². The molecule has 0 saturated carbocycles. The van der Waals surface area contributed by atoms with Crippen molar-refractivity contribution in [1.82, 2.24) is 4.90 Å². The zero-order valence-corrected chi connectivity index (χ0v) is 24.8. The van der Waals surface area contributed by atoms with E-state index in [1.165, 1.54) is 5.56 Å². The number of nitrogens with zero attached hydrogens (tertiary/aromatic N) is 2. The lowest BCUT2D eigenvalue weighted by Gasteiger charge is -2.28. The number of rotatable bonds is 7. The second-order valence-electron chi connectivity index (χ2n) is 12.9. The molecule has 0 amide bonds. The summed E-state index contributed by atoms with van der Waals surface area (Å²) in [5.74, 6) is 2.59. The van der Waals surface area contributed by atoms with Gasteiger partial charge in [0, 0.05) is 29.2 Å². The van der Waals surface area contributed by atoms with Crippen molar-refractivity contribution in [2.45, 2.75) is 79.1 Å². The smallest absolute Gasteiger partial charge is 0.182 e. The largest absolute Gasteiger partial charge is 0.507 e. The molecule has 1 N–H and O–H groups in total. The highest BCUT2D eigenvalue weighted by Crippen LogP contribution is 2.40. The van der Waals surface area contributed by atoms with Crippen LogP contribution in [0.1, 0.15) is 88.9 Å². The molecule has 5 heteroatoms. The van der Waals surface area contributed by atoms with Gasteiger partial charge in [0.05, 0.1) is 22.7 Å². The maximum atomic E-state index is 13.7. The van der Waals surface area contributed by atoms with E-state index in [0.717, 1.165) is 36.3 Å². The van der Waals surface area contributed by atoms with Crippen molar-refractivity contribution in [1.29, 1.82) is 0 Å². The van der Waals surface area contributed by atoms with Crippen molar-refractivity contribution >= 4 is 27.8 Å². The predicted molar refractivity (Wildman–Crippen MR) is 154 cm³/mol. The molecule has 1 aliphatic rings. The lowest BCUT2D eigenvalue weighted by molar-refractivity contribution is 0.0963. The highest BCUT2D eigenvalue weighted by Gasteiger charge is 2.39. The van der Waals surface area contributed by atoms with Crippen LogP contribution in [0, 0.1) is 17.8 Å². The minimum atomic E-state index is -0.278. The molecule has 1 heterocycles. The number of halogens is 1. The third-order valence-corrected chi connectivity index (χ3v) is 7.58. The fourth-order valence-electron chi connectivity index (χ4n) is 5.38. The van der Waals surface area contributed by atoms with Crippen LogP contribution in [0.5, 0.6) is 5.75 Å². The van der Waals surface area contributed by atoms with Crippen LogP contribution < -0.4 is 0 Å². The van der Waals surface area contributed by atoms with Gasteiger partial charge in [-0.25, -0.2) is 0 Å². The van der Waals surface area contributed by atoms with Gasteiger partial charge in [-0.05, 0) is 53.2 Å². The average molecular weight is 556 g/mol. The van der Waals surface area contributed by atoms with E-state index in [9.17, 15) is 9.90 Å². The van der Waals surface area contributed by atoms with E-state index in [1.54, 1.807) is 0 Å². The fraction of sp³-hybridized carbons (Fsp3) is 0.548. The molecule has 36 heavy (non-hydrogen) atoms. The molecule has 1 saturated heterocycles. The third kappa shape index (κ3) is 6.59. The van der Waals surface area contributed by atoms with E-state index >= 15 is 0 Å². The normalized spacial score (nSPS) is 19.9. The molecule has 0 spiro atoms. The summed E-state index contributed by atoms with van der Waals surface area (Å²) in [6.07, 6.45) is 2.00. The van der Waals surface area contributed by atoms with Gasteiger partial charge in [0.15, 0.2) is 5.78 Å². The van der Waals surface area contributed by atoms with Gasteiger partial charge < -0.3 is 10.0 Å². The summed E-state index contributed by atoms with van der Waals surface area (Å²) in [5.41, 5.74) is 3.02. The fourth-order valence-corrected chi connectivity index (χ4v) is 5.87. The standard InChI is InChI=1S/C31H43BrN2O2/c1-20(2)14-23-18-34(29(33-32)24(23)15-21-12-10-9-11-13-21)19-27(35)22-16-25(30(3,4)5)28(36)26(17-22)31(6,7)8/h9-13,16-17,20,23-24,36H,14-15,18-19H2,1-8H3/t23-,24+/m0/s1. The molecule has 0 aromatic heterocycles. The van der Waals surface area contributed by atoms with Crippen molar-refractivity contribution < 1.29 is 9.90 Å². The van der Waals surface area contributed by atoms with Crippen LogP contribution in [0.3, 0.4) is 0 Å². The predicted octanol–water partition coefficient (Wildman–Crippen LogP) is 7.72. The minimum absolute atomic E-state index is 0.0586. The summed E-state index contributed by atoms with van der Waals surface area (Å²) in [4.78, 5) is 15.9. The van der Waals surface area contributed by atoms with Crippen LogP contribution in [0.4, 0.5) is 0 Å². The maximum Gasteiger partial charge on any atom is 0.182 e. The summed E-state index contributed by atoms with van der Waals surface area (Å²) in [7, 11) is 0. The molecule has 2 aromatic rings. The van der Waals surface area contributed by atoms with Crippen LogP contribution in [-0.4, -0.2) is 34.7 Å². The van der Waals surface area contributed by atoms with E-state index in [4.69, 9.17) is 0 Å². The van der Waals surface area contributed by atoms with Gasteiger partial charge in [-0.3, -0.25) is 4.79 Å². The number of carbonyl (C=O) groups is 1. The Morgan fingerprint density at radius 3 is 2.08 bits per heavy atom. The molecule has 1 fully saturated rings. The molecule has 4 nitrogen and oxygen atoms in total. The number of ketones is 1. The van der Waals surface area contributed by atoms with Crippen molar-refractivity contribution in [3.63, 3.8) is 0 Å². The Bertz CT molecular complexity index is 1060. The Morgan fingerprint density at radius 1 is 1.06 bits per heavy atom. The first-order valence-electron chi connectivity index (χ1n) is 13.1. The lowest BCUT2D eigenvalue weighted by atomic mass is 9.78. The van der Waals surface area contributed by atoms with Crippen molar-refractivity contribution in [3.05, 3.63) is 64.7 Å². The van der Waals surface area contributed by atoms with E-state index in [-0.39, 0.29) is 29.1 Å². The summed E-state index contributed by atoms with van der Waals surface area (Å²) in [6.45, 7) is 18.1.